The third-order valence-corrected chi connectivity index (χ3v) is 2.18. The topological polar surface area (TPSA) is 58.6 Å². The molecule has 0 radical (unpaired) electrons. The molecule has 0 saturated carbocycles. The smallest absolute Gasteiger partial charge is 0.320 e. The standard InChI is InChI=1S/C11H23NO3/c1-4-10(11(13)14)12-6-8-15-7-5-9(2)3/h9-10,12H,4-8H2,1-3H3,(H,13,14). The quantitative estimate of drug-likeness (QED) is 0.575. The Morgan fingerprint density at radius 2 is 2.07 bits per heavy atom. The molecule has 0 amide bonds. The number of hydrogen-bond donors (Lipinski definition) is 2. The van der Waals surface area contributed by atoms with Gasteiger partial charge in [0.2, 0.25) is 0 Å². The minimum Gasteiger partial charge on any atom is -0.480 e. The molecule has 0 aromatic carbocycles. The van der Waals surface area contributed by atoms with Gasteiger partial charge in [0.15, 0.2) is 0 Å². The summed E-state index contributed by atoms with van der Waals surface area (Å²) in [6, 6.07) is -0.446. The van der Waals surface area contributed by atoms with Crippen LogP contribution in [0.1, 0.15) is 33.6 Å². The largest absolute Gasteiger partial charge is 0.480 e. The lowest BCUT2D eigenvalue weighted by Gasteiger charge is -2.12. The molecule has 0 aromatic heterocycles. The molecule has 15 heavy (non-hydrogen) atoms. The van der Waals surface area contributed by atoms with Crippen LogP contribution in [0.15, 0.2) is 0 Å². The third-order valence-electron chi connectivity index (χ3n) is 2.18. The van der Waals surface area contributed by atoms with Crippen molar-refractivity contribution in [3.05, 3.63) is 0 Å². The van der Waals surface area contributed by atoms with Crippen molar-refractivity contribution in [2.45, 2.75) is 39.7 Å². The zero-order valence-corrected chi connectivity index (χ0v) is 9.95. The molecular formula is C11H23NO3. The Kier molecular flexibility index (Phi) is 8.33. The Labute approximate surface area is 92.0 Å². The highest BCUT2D eigenvalue weighted by Crippen LogP contribution is 1.98. The van der Waals surface area contributed by atoms with E-state index in [2.05, 4.69) is 19.2 Å². The summed E-state index contributed by atoms with van der Waals surface area (Å²) in [6.07, 6.45) is 1.65. The van der Waals surface area contributed by atoms with Crippen molar-refractivity contribution in [3.63, 3.8) is 0 Å². The van der Waals surface area contributed by atoms with Crippen LogP contribution in [-0.2, 0) is 9.53 Å². The molecule has 0 rings (SSSR count). The third kappa shape index (κ3) is 8.39. The van der Waals surface area contributed by atoms with Crippen molar-refractivity contribution in [1.29, 1.82) is 0 Å². The Balaban J connectivity index is 3.33. The van der Waals surface area contributed by atoms with E-state index in [1.807, 2.05) is 6.92 Å². The first-order chi connectivity index (χ1) is 7.07. The molecule has 0 aliphatic rings. The number of nitrogens with one attached hydrogen (secondary N) is 1. The molecule has 0 spiro atoms. The van der Waals surface area contributed by atoms with Gasteiger partial charge < -0.3 is 15.2 Å². The highest BCUT2D eigenvalue weighted by molar-refractivity contribution is 5.73. The molecule has 4 nitrogen and oxygen atoms in total. The zero-order chi connectivity index (χ0) is 11.7. The lowest BCUT2D eigenvalue weighted by Crippen LogP contribution is -2.38. The molecule has 0 fully saturated rings. The van der Waals surface area contributed by atoms with Crippen molar-refractivity contribution in [3.8, 4) is 0 Å². The van der Waals surface area contributed by atoms with E-state index in [1.165, 1.54) is 0 Å². The summed E-state index contributed by atoms with van der Waals surface area (Å²) in [5.74, 6) is -0.139. The molecule has 2 N–H and O–H groups in total. The van der Waals surface area contributed by atoms with E-state index in [0.29, 0.717) is 25.5 Å². The van der Waals surface area contributed by atoms with Gasteiger partial charge in [-0.15, -0.1) is 0 Å². The Bertz CT molecular complexity index is 171. The van der Waals surface area contributed by atoms with Crippen molar-refractivity contribution in [1.82, 2.24) is 5.32 Å². The first kappa shape index (κ1) is 14.4. The maximum Gasteiger partial charge on any atom is 0.320 e. The van der Waals surface area contributed by atoms with Crippen molar-refractivity contribution < 1.29 is 14.6 Å². The van der Waals surface area contributed by atoms with E-state index in [4.69, 9.17) is 9.84 Å². The number of ether oxygens (including phenoxy) is 1. The van der Waals surface area contributed by atoms with Crippen LogP contribution in [0.4, 0.5) is 0 Å². The number of aliphatic carboxylic acids is 1. The summed E-state index contributed by atoms with van der Waals surface area (Å²) in [4.78, 5) is 10.6. The summed E-state index contributed by atoms with van der Waals surface area (Å²) in [5.41, 5.74) is 0. The molecule has 4 heteroatoms. The van der Waals surface area contributed by atoms with E-state index >= 15 is 0 Å². The molecular weight excluding hydrogens is 194 g/mol. The predicted octanol–water partition coefficient (Wildman–Crippen LogP) is 1.50. The average Bonchev–Trinajstić information content (AvgIpc) is 2.15. The minimum absolute atomic E-state index is 0.446. The number of rotatable bonds is 9. The van der Waals surface area contributed by atoms with Crippen LogP contribution < -0.4 is 5.32 Å². The fourth-order valence-corrected chi connectivity index (χ4v) is 1.13. The lowest BCUT2D eigenvalue weighted by atomic mass is 10.1. The van der Waals surface area contributed by atoms with E-state index in [1.54, 1.807) is 0 Å². The molecule has 90 valence electrons. The van der Waals surface area contributed by atoms with E-state index in [0.717, 1.165) is 13.0 Å². The van der Waals surface area contributed by atoms with Crippen LogP contribution in [0.25, 0.3) is 0 Å². The van der Waals surface area contributed by atoms with E-state index < -0.39 is 12.0 Å². The number of hydrogen-bond acceptors (Lipinski definition) is 3. The SMILES string of the molecule is CCC(NCCOCCC(C)C)C(=O)O. The molecule has 0 aliphatic carbocycles. The maximum atomic E-state index is 10.6. The monoisotopic (exact) mass is 217 g/mol. The van der Waals surface area contributed by atoms with Crippen LogP contribution in [0.5, 0.6) is 0 Å². The van der Waals surface area contributed by atoms with Crippen molar-refractivity contribution in [2.24, 2.45) is 5.92 Å². The summed E-state index contributed by atoms with van der Waals surface area (Å²) < 4.78 is 5.36. The molecule has 0 bridgehead atoms. The molecule has 0 saturated heterocycles. The maximum absolute atomic E-state index is 10.6. The Hall–Kier alpha value is -0.610. The Morgan fingerprint density at radius 1 is 1.40 bits per heavy atom. The second kappa shape index (κ2) is 8.68. The molecule has 0 heterocycles. The van der Waals surface area contributed by atoms with E-state index in [9.17, 15) is 4.79 Å². The van der Waals surface area contributed by atoms with E-state index in [-0.39, 0.29) is 0 Å². The first-order valence-corrected chi connectivity index (χ1v) is 5.61. The van der Waals surface area contributed by atoms with Gasteiger partial charge in [-0.25, -0.2) is 0 Å². The summed E-state index contributed by atoms with van der Waals surface area (Å²) in [5, 5.41) is 11.7. The summed E-state index contributed by atoms with van der Waals surface area (Å²) in [6.45, 7) is 8.09. The summed E-state index contributed by atoms with van der Waals surface area (Å²) in [7, 11) is 0. The van der Waals surface area contributed by atoms with Gasteiger partial charge in [0.25, 0.3) is 0 Å². The van der Waals surface area contributed by atoms with Crippen LogP contribution >= 0.6 is 0 Å². The predicted molar refractivity (Wildman–Crippen MR) is 60.0 cm³/mol. The summed E-state index contributed by atoms with van der Waals surface area (Å²) >= 11 is 0. The number of carboxylic acids is 1. The molecule has 0 aliphatic heterocycles. The zero-order valence-electron chi connectivity index (χ0n) is 9.95. The fourth-order valence-electron chi connectivity index (χ4n) is 1.13. The van der Waals surface area contributed by atoms with Gasteiger partial charge in [-0.05, 0) is 18.8 Å². The average molecular weight is 217 g/mol. The van der Waals surface area contributed by atoms with Crippen LogP contribution in [-0.4, -0.2) is 36.9 Å². The van der Waals surface area contributed by atoms with Crippen LogP contribution in [0.2, 0.25) is 0 Å². The highest BCUT2D eigenvalue weighted by atomic mass is 16.5. The van der Waals surface area contributed by atoms with Gasteiger partial charge in [0.05, 0.1) is 6.61 Å². The molecule has 1 unspecified atom stereocenters. The van der Waals surface area contributed by atoms with Gasteiger partial charge in [0.1, 0.15) is 6.04 Å². The van der Waals surface area contributed by atoms with Crippen molar-refractivity contribution in [2.75, 3.05) is 19.8 Å². The minimum atomic E-state index is -0.792. The molecule has 1 atom stereocenters. The van der Waals surface area contributed by atoms with Gasteiger partial charge >= 0.3 is 5.97 Å². The van der Waals surface area contributed by atoms with Crippen LogP contribution in [0, 0.1) is 5.92 Å². The normalized spacial score (nSPS) is 13.1. The second-order valence-corrected chi connectivity index (χ2v) is 4.05. The van der Waals surface area contributed by atoms with Crippen LogP contribution in [0.3, 0.4) is 0 Å². The molecule has 0 aromatic rings. The van der Waals surface area contributed by atoms with Crippen molar-refractivity contribution >= 4 is 5.97 Å². The van der Waals surface area contributed by atoms with Gasteiger partial charge in [0, 0.05) is 13.2 Å². The van der Waals surface area contributed by atoms with Gasteiger partial charge in [-0.1, -0.05) is 20.8 Å². The Morgan fingerprint density at radius 3 is 2.53 bits per heavy atom. The number of carbonyl (C=O) groups is 1. The van der Waals surface area contributed by atoms with Gasteiger partial charge in [-0.2, -0.15) is 0 Å². The van der Waals surface area contributed by atoms with Gasteiger partial charge in [-0.3, -0.25) is 4.79 Å². The second-order valence-electron chi connectivity index (χ2n) is 4.05. The number of carboxylic acid groups (broad SMARTS) is 1. The highest BCUT2D eigenvalue weighted by Gasteiger charge is 2.12. The first-order valence-electron chi connectivity index (χ1n) is 5.61. The fraction of sp³-hybridized carbons (Fsp3) is 0.909. The lowest BCUT2D eigenvalue weighted by molar-refractivity contribution is -0.139.